The minimum atomic E-state index is -0.159. The highest BCUT2D eigenvalue weighted by molar-refractivity contribution is 7.11. The molecule has 16 heavy (non-hydrogen) atoms. The Bertz CT molecular complexity index is 430. The van der Waals surface area contributed by atoms with Crippen LogP contribution in [0.25, 0.3) is 0 Å². The number of thiazole rings is 1. The lowest BCUT2D eigenvalue weighted by Crippen LogP contribution is -2.34. The molecule has 88 valence electrons. The summed E-state index contributed by atoms with van der Waals surface area (Å²) < 4.78 is 0. The standard InChI is InChI=1S/C10H15N3O2S/c1-7-8(16-10(15)12-7)9(14)13-5-2-3-11-4-6-13/h11H,2-6H2,1H3,(H,12,15). The van der Waals surface area contributed by atoms with Crippen molar-refractivity contribution in [2.75, 3.05) is 26.2 Å². The summed E-state index contributed by atoms with van der Waals surface area (Å²) >= 11 is 1.00. The Kier molecular flexibility index (Phi) is 3.40. The third kappa shape index (κ3) is 2.33. The lowest BCUT2D eigenvalue weighted by atomic mass is 10.3. The van der Waals surface area contributed by atoms with Crippen molar-refractivity contribution in [3.63, 3.8) is 0 Å². The van der Waals surface area contributed by atoms with Gasteiger partial charge in [0, 0.05) is 25.3 Å². The minimum Gasteiger partial charge on any atom is -0.337 e. The summed E-state index contributed by atoms with van der Waals surface area (Å²) in [5, 5.41) is 3.24. The van der Waals surface area contributed by atoms with Gasteiger partial charge in [0.1, 0.15) is 4.88 Å². The molecule has 2 rings (SSSR count). The fraction of sp³-hybridized carbons (Fsp3) is 0.600. The maximum Gasteiger partial charge on any atom is 0.305 e. The van der Waals surface area contributed by atoms with E-state index in [2.05, 4.69) is 10.3 Å². The first-order valence-electron chi connectivity index (χ1n) is 5.38. The van der Waals surface area contributed by atoms with E-state index in [4.69, 9.17) is 0 Å². The van der Waals surface area contributed by atoms with E-state index in [1.807, 2.05) is 4.90 Å². The number of carbonyl (C=O) groups excluding carboxylic acids is 1. The van der Waals surface area contributed by atoms with Gasteiger partial charge in [-0.05, 0) is 19.9 Å². The number of H-pyrrole nitrogens is 1. The van der Waals surface area contributed by atoms with Gasteiger partial charge in [0.05, 0.1) is 0 Å². The van der Waals surface area contributed by atoms with Crippen molar-refractivity contribution in [3.8, 4) is 0 Å². The Morgan fingerprint density at radius 3 is 2.88 bits per heavy atom. The molecule has 5 nitrogen and oxygen atoms in total. The fourth-order valence-electron chi connectivity index (χ4n) is 1.80. The molecule has 1 aliphatic heterocycles. The van der Waals surface area contributed by atoms with Gasteiger partial charge in [-0.15, -0.1) is 0 Å². The van der Waals surface area contributed by atoms with Crippen LogP contribution in [0.2, 0.25) is 0 Å². The summed E-state index contributed by atoms with van der Waals surface area (Å²) in [5.74, 6) is -0.0236. The Labute approximate surface area is 97.5 Å². The van der Waals surface area contributed by atoms with Gasteiger partial charge in [-0.3, -0.25) is 9.59 Å². The average Bonchev–Trinajstić information content (AvgIpc) is 2.49. The number of nitrogens with one attached hydrogen (secondary N) is 2. The number of hydrogen-bond acceptors (Lipinski definition) is 4. The van der Waals surface area contributed by atoms with Gasteiger partial charge < -0.3 is 15.2 Å². The van der Waals surface area contributed by atoms with Crippen molar-refractivity contribution in [1.29, 1.82) is 0 Å². The van der Waals surface area contributed by atoms with Crippen LogP contribution < -0.4 is 10.2 Å². The highest BCUT2D eigenvalue weighted by atomic mass is 32.1. The summed E-state index contributed by atoms with van der Waals surface area (Å²) in [6.45, 7) is 5.01. The van der Waals surface area contributed by atoms with Crippen molar-refractivity contribution in [1.82, 2.24) is 15.2 Å². The minimum absolute atomic E-state index is 0.0236. The Morgan fingerprint density at radius 1 is 1.38 bits per heavy atom. The molecule has 0 spiro atoms. The SMILES string of the molecule is Cc1[nH]c(=O)sc1C(=O)N1CCCNCC1. The number of aromatic nitrogens is 1. The maximum absolute atomic E-state index is 12.1. The van der Waals surface area contributed by atoms with E-state index in [-0.39, 0.29) is 10.8 Å². The van der Waals surface area contributed by atoms with Gasteiger partial charge >= 0.3 is 4.87 Å². The quantitative estimate of drug-likeness (QED) is 0.737. The molecule has 1 amide bonds. The van der Waals surface area contributed by atoms with Crippen LogP contribution in [-0.2, 0) is 0 Å². The van der Waals surface area contributed by atoms with Crippen molar-refractivity contribution < 1.29 is 4.79 Å². The number of hydrogen-bond donors (Lipinski definition) is 2. The lowest BCUT2D eigenvalue weighted by Gasteiger charge is -2.19. The third-order valence-electron chi connectivity index (χ3n) is 2.65. The summed E-state index contributed by atoms with van der Waals surface area (Å²) in [4.78, 5) is 28.1. The van der Waals surface area contributed by atoms with Crippen LogP contribution in [-0.4, -0.2) is 42.0 Å². The number of nitrogens with zero attached hydrogens (tertiary/aromatic N) is 1. The monoisotopic (exact) mass is 241 g/mol. The van der Waals surface area contributed by atoms with Crippen LogP contribution in [0.1, 0.15) is 21.8 Å². The fourth-order valence-corrected chi connectivity index (χ4v) is 2.61. The number of rotatable bonds is 1. The molecule has 6 heteroatoms. The van der Waals surface area contributed by atoms with Crippen LogP contribution in [0.15, 0.2) is 4.79 Å². The molecule has 1 aromatic heterocycles. The van der Waals surface area contributed by atoms with Crippen LogP contribution >= 0.6 is 11.3 Å². The van der Waals surface area contributed by atoms with E-state index in [1.54, 1.807) is 6.92 Å². The third-order valence-corrected chi connectivity index (χ3v) is 3.62. The average molecular weight is 241 g/mol. The number of aromatic amines is 1. The van der Waals surface area contributed by atoms with Crippen LogP contribution in [0, 0.1) is 6.92 Å². The number of carbonyl (C=O) groups is 1. The van der Waals surface area contributed by atoms with E-state index in [1.165, 1.54) is 0 Å². The second-order valence-corrected chi connectivity index (χ2v) is 4.85. The van der Waals surface area contributed by atoms with E-state index >= 15 is 0 Å². The van der Waals surface area contributed by atoms with E-state index in [0.717, 1.165) is 37.4 Å². The Hall–Kier alpha value is -1.14. The number of aryl methyl sites for hydroxylation is 1. The van der Waals surface area contributed by atoms with Gasteiger partial charge in [-0.25, -0.2) is 0 Å². The molecule has 2 N–H and O–H groups in total. The van der Waals surface area contributed by atoms with Gasteiger partial charge in [0.25, 0.3) is 5.91 Å². The molecule has 0 aromatic carbocycles. The lowest BCUT2D eigenvalue weighted by molar-refractivity contribution is 0.0770. The molecule has 1 saturated heterocycles. The molecule has 0 bridgehead atoms. The van der Waals surface area contributed by atoms with Crippen molar-refractivity contribution in [3.05, 3.63) is 20.2 Å². The van der Waals surface area contributed by atoms with E-state index in [0.29, 0.717) is 17.1 Å². The molecule has 0 saturated carbocycles. The van der Waals surface area contributed by atoms with E-state index in [9.17, 15) is 9.59 Å². The first kappa shape index (κ1) is 11.3. The maximum atomic E-state index is 12.1. The van der Waals surface area contributed by atoms with Crippen molar-refractivity contribution >= 4 is 17.2 Å². The topological polar surface area (TPSA) is 65.2 Å². The molecule has 2 heterocycles. The zero-order chi connectivity index (χ0) is 11.5. The predicted octanol–water partition coefficient (Wildman–Crippen LogP) is 0.180. The summed E-state index contributed by atoms with van der Waals surface area (Å²) in [5.41, 5.74) is 0.678. The molecule has 1 aromatic rings. The smallest absolute Gasteiger partial charge is 0.305 e. The zero-order valence-corrected chi connectivity index (χ0v) is 10.0. The second kappa shape index (κ2) is 4.80. The Balaban J connectivity index is 2.17. The summed E-state index contributed by atoms with van der Waals surface area (Å²) in [6, 6.07) is 0. The molecule has 0 unspecified atom stereocenters. The van der Waals surface area contributed by atoms with E-state index < -0.39 is 0 Å². The first-order valence-corrected chi connectivity index (χ1v) is 6.20. The molecule has 0 aliphatic carbocycles. The van der Waals surface area contributed by atoms with Crippen molar-refractivity contribution in [2.24, 2.45) is 0 Å². The second-order valence-electron chi connectivity index (χ2n) is 3.86. The number of amides is 1. The molecule has 1 aliphatic rings. The van der Waals surface area contributed by atoms with Gasteiger partial charge in [0.2, 0.25) is 0 Å². The molecule has 1 fully saturated rings. The van der Waals surface area contributed by atoms with Gasteiger partial charge in [0.15, 0.2) is 0 Å². The zero-order valence-electron chi connectivity index (χ0n) is 9.21. The van der Waals surface area contributed by atoms with Gasteiger partial charge in [-0.1, -0.05) is 11.3 Å². The predicted molar refractivity (Wildman–Crippen MR) is 63.1 cm³/mol. The summed E-state index contributed by atoms with van der Waals surface area (Å²) in [6.07, 6.45) is 0.962. The molecular weight excluding hydrogens is 226 g/mol. The largest absolute Gasteiger partial charge is 0.337 e. The highest BCUT2D eigenvalue weighted by Gasteiger charge is 2.20. The molecule has 0 atom stereocenters. The Morgan fingerprint density at radius 2 is 2.19 bits per heavy atom. The molecular formula is C10H15N3O2S. The van der Waals surface area contributed by atoms with Gasteiger partial charge in [-0.2, -0.15) is 0 Å². The summed E-state index contributed by atoms with van der Waals surface area (Å²) in [7, 11) is 0. The van der Waals surface area contributed by atoms with Crippen LogP contribution in [0.4, 0.5) is 0 Å². The van der Waals surface area contributed by atoms with Crippen molar-refractivity contribution in [2.45, 2.75) is 13.3 Å². The first-order chi connectivity index (χ1) is 7.68. The van der Waals surface area contributed by atoms with Crippen LogP contribution in [0.5, 0.6) is 0 Å². The molecule has 0 radical (unpaired) electrons. The normalized spacial score (nSPS) is 17.2. The highest BCUT2D eigenvalue weighted by Crippen LogP contribution is 2.12. The van der Waals surface area contributed by atoms with Crippen LogP contribution in [0.3, 0.4) is 0 Å².